The van der Waals surface area contributed by atoms with Gasteiger partial charge in [-0.15, -0.1) is 0 Å². The van der Waals surface area contributed by atoms with Gasteiger partial charge in [0, 0.05) is 17.7 Å². The van der Waals surface area contributed by atoms with Gasteiger partial charge in [0.2, 0.25) is 12.0 Å². The number of amides is 1. The number of isocyanates is 1. The van der Waals surface area contributed by atoms with Gasteiger partial charge in [-0.3, -0.25) is 14.1 Å². The number of hydrogen-bond donors (Lipinski definition) is 2. The molecule has 0 radical (unpaired) electrons. The average Bonchev–Trinajstić information content (AvgIpc) is 2.71. The number of nitrogens with zero attached hydrogens (tertiary/aromatic N) is 1. The molecule has 2 aromatic carbocycles. The summed E-state index contributed by atoms with van der Waals surface area (Å²) in [5.74, 6) is -1.28. The van der Waals surface area contributed by atoms with Crippen LogP contribution in [0.5, 0.6) is 5.75 Å². The maximum atomic E-state index is 12.5. The van der Waals surface area contributed by atoms with E-state index in [1.807, 2.05) is 0 Å². The van der Waals surface area contributed by atoms with E-state index >= 15 is 0 Å². The summed E-state index contributed by atoms with van der Waals surface area (Å²) < 4.78 is 35.5. The minimum absolute atomic E-state index is 0.0454. The highest BCUT2D eigenvalue weighted by Gasteiger charge is 2.15. The minimum atomic E-state index is -4.13. The first-order valence-electron chi connectivity index (χ1n) is 8.88. The molecule has 0 aliphatic rings. The number of rotatable bonds is 10. The molecule has 0 aliphatic carbocycles. The van der Waals surface area contributed by atoms with Crippen LogP contribution in [0.15, 0.2) is 53.5 Å². The Hall–Kier alpha value is -3.33. The number of aliphatic imine (C=N–C) groups is 1. The molecule has 0 heterocycles. The van der Waals surface area contributed by atoms with E-state index in [4.69, 9.17) is 9.29 Å². The first kappa shape index (κ1) is 23.0. The predicted octanol–water partition coefficient (Wildman–Crippen LogP) is 1.90. The normalized spacial score (nSPS) is 11.8. The summed E-state index contributed by atoms with van der Waals surface area (Å²) in [5.41, 5.74) is 1.27. The van der Waals surface area contributed by atoms with Crippen LogP contribution in [0.2, 0.25) is 0 Å². The lowest BCUT2D eigenvalue weighted by Crippen LogP contribution is -2.35. The topological polar surface area (TPSA) is 139 Å². The zero-order valence-electron chi connectivity index (χ0n) is 16.1. The Morgan fingerprint density at radius 2 is 1.67 bits per heavy atom. The molecule has 0 aliphatic heterocycles. The van der Waals surface area contributed by atoms with Gasteiger partial charge < -0.3 is 10.1 Å². The van der Waals surface area contributed by atoms with Crippen molar-refractivity contribution in [1.82, 2.24) is 5.32 Å². The molecule has 0 bridgehead atoms. The van der Waals surface area contributed by atoms with E-state index in [1.54, 1.807) is 43.3 Å². The number of benzene rings is 2. The summed E-state index contributed by atoms with van der Waals surface area (Å²) in [6.45, 7) is 1.46. The van der Waals surface area contributed by atoms with Crippen molar-refractivity contribution in [1.29, 1.82) is 0 Å². The van der Waals surface area contributed by atoms with E-state index in [2.05, 4.69) is 10.3 Å². The minimum Gasteiger partial charge on any atom is -0.493 e. The second kappa shape index (κ2) is 10.4. The van der Waals surface area contributed by atoms with Crippen LogP contribution >= 0.6 is 0 Å². The Morgan fingerprint density at radius 3 is 2.20 bits per heavy atom. The molecule has 0 fully saturated rings. The van der Waals surface area contributed by atoms with E-state index in [-0.39, 0.29) is 18.9 Å². The van der Waals surface area contributed by atoms with Crippen LogP contribution < -0.4 is 10.1 Å². The quantitative estimate of drug-likeness (QED) is 0.253. The standard InChI is InChI=1S/C20H20N2O7S/c1-14(20(25)21-10-11-30(26,27)28)12-29-18-8-4-16(5-9-18)19(24)15-2-6-17(7-3-15)22-13-23/h2-9,14H,10-12H2,1H3,(H,21,25)(H,26,27,28). The third-order valence-corrected chi connectivity index (χ3v) is 4.75. The smallest absolute Gasteiger partial charge is 0.266 e. The second-order valence-electron chi connectivity index (χ2n) is 6.39. The Kier molecular flexibility index (Phi) is 7.99. The van der Waals surface area contributed by atoms with Gasteiger partial charge in [0.05, 0.1) is 24.0 Å². The molecule has 158 valence electrons. The Bertz CT molecular complexity index is 1040. The lowest BCUT2D eigenvalue weighted by atomic mass is 10.0. The maximum absolute atomic E-state index is 12.5. The Balaban J connectivity index is 1.88. The van der Waals surface area contributed by atoms with Gasteiger partial charge in [-0.2, -0.15) is 13.4 Å². The summed E-state index contributed by atoms with van der Waals surface area (Å²) in [7, 11) is -4.13. The molecule has 0 saturated heterocycles. The molecular formula is C20H20N2O7S. The van der Waals surface area contributed by atoms with Gasteiger partial charge in [-0.05, 0) is 48.5 Å². The zero-order valence-corrected chi connectivity index (χ0v) is 16.9. The number of ketones is 1. The van der Waals surface area contributed by atoms with Gasteiger partial charge in [0.25, 0.3) is 10.1 Å². The monoisotopic (exact) mass is 432 g/mol. The molecular weight excluding hydrogens is 412 g/mol. The van der Waals surface area contributed by atoms with Crippen molar-refractivity contribution < 1.29 is 32.1 Å². The van der Waals surface area contributed by atoms with Crippen molar-refractivity contribution in [3.63, 3.8) is 0 Å². The van der Waals surface area contributed by atoms with Gasteiger partial charge in [0.15, 0.2) is 5.78 Å². The van der Waals surface area contributed by atoms with Crippen LogP contribution in [-0.2, 0) is 19.7 Å². The van der Waals surface area contributed by atoms with Crippen molar-refractivity contribution in [3.05, 3.63) is 59.7 Å². The first-order chi connectivity index (χ1) is 14.2. The maximum Gasteiger partial charge on any atom is 0.266 e. The van der Waals surface area contributed by atoms with Crippen molar-refractivity contribution in [2.45, 2.75) is 6.92 Å². The molecule has 0 spiro atoms. The van der Waals surface area contributed by atoms with Crippen molar-refractivity contribution in [2.75, 3.05) is 18.9 Å². The van der Waals surface area contributed by atoms with E-state index in [9.17, 15) is 22.8 Å². The number of carbonyl (C=O) groups excluding carboxylic acids is 3. The van der Waals surface area contributed by atoms with E-state index < -0.39 is 27.7 Å². The molecule has 2 N–H and O–H groups in total. The van der Waals surface area contributed by atoms with Gasteiger partial charge in [0.1, 0.15) is 5.75 Å². The van der Waals surface area contributed by atoms with Gasteiger partial charge in [-0.1, -0.05) is 6.92 Å². The fourth-order valence-corrected chi connectivity index (χ4v) is 2.74. The van der Waals surface area contributed by atoms with Crippen LogP contribution in [0.25, 0.3) is 0 Å². The predicted molar refractivity (Wildman–Crippen MR) is 108 cm³/mol. The van der Waals surface area contributed by atoms with E-state index in [0.717, 1.165) is 0 Å². The number of nitrogens with one attached hydrogen (secondary N) is 1. The SMILES string of the molecule is CC(COc1ccc(C(=O)c2ccc(N=C=O)cc2)cc1)C(=O)NCCS(=O)(=O)O. The van der Waals surface area contributed by atoms with Gasteiger partial charge in [-0.25, -0.2) is 4.79 Å². The summed E-state index contributed by atoms with van der Waals surface area (Å²) in [6.07, 6.45) is 1.43. The second-order valence-corrected chi connectivity index (χ2v) is 7.96. The molecule has 0 saturated carbocycles. The van der Waals surface area contributed by atoms with E-state index in [1.165, 1.54) is 18.2 Å². The van der Waals surface area contributed by atoms with Crippen LogP contribution in [0.4, 0.5) is 5.69 Å². The summed E-state index contributed by atoms with van der Waals surface area (Å²) in [5, 5.41) is 2.40. The largest absolute Gasteiger partial charge is 0.493 e. The lowest BCUT2D eigenvalue weighted by molar-refractivity contribution is -0.125. The molecule has 30 heavy (non-hydrogen) atoms. The number of ether oxygens (including phenoxy) is 1. The van der Waals surface area contributed by atoms with Crippen molar-refractivity contribution in [3.8, 4) is 5.75 Å². The lowest BCUT2D eigenvalue weighted by Gasteiger charge is -2.13. The van der Waals surface area contributed by atoms with Crippen molar-refractivity contribution in [2.24, 2.45) is 10.9 Å². The third kappa shape index (κ3) is 7.25. The molecule has 1 atom stereocenters. The summed E-state index contributed by atoms with van der Waals surface area (Å²) in [4.78, 5) is 38.1. The zero-order chi connectivity index (χ0) is 22.1. The molecule has 10 heteroatoms. The highest BCUT2D eigenvalue weighted by atomic mass is 32.2. The van der Waals surface area contributed by atoms with Crippen molar-refractivity contribution >= 4 is 33.6 Å². The first-order valence-corrected chi connectivity index (χ1v) is 10.5. The Morgan fingerprint density at radius 1 is 1.10 bits per heavy atom. The molecule has 1 unspecified atom stereocenters. The molecule has 2 aromatic rings. The fraction of sp³-hybridized carbons (Fsp3) is 0.250. The van der Waals surface area contributed by atoms with E-state index in [0.29, 0.717) is 22.6 Å². The van der Waals surface area contributed by atoms with Crippen LogP contribution in [0.1, 0.15) is 22.8 Å². The number of carbonyl (C=O) groups is 2. The highest BCUT2D eigenvalue weighted by molar-refractivity contribution is 7.85. The van der Waals surface area contributed by atoms with Gasteiger partial charge >= 0.3 is 0 Å². The highest BCUT2D eigenvalue weighted by Crippen LogP contribution is 2.18. The number of hydrogen-bond acceptors (Lipinski definition) is 7. The molecule has 0 aromatic heterocycles. The molecule has 2 rings (SSSR count). The fourth-order valence-electron chi connectivity index (χ4n) is 2.38. The Labute approximate surface area is 173 Å². The molecule has 9 nitrogen and oxygen atoms in total. The van der Waals surface area contributed by atoms with Crippen LogP contribution in [0.3, 0.4) is 0 Å². The summed E-state index contributed by atoms with van der Waals surface area (Å²) >= 11 is 0. The average molecular weight is 432 g/mol. The van der Waals surface area contributed by atoms with Crippen LogP contribution in [0, 0.1) is 5.92 Å². The summed E-state index contributed by atoms with van der Waals surface area (Å²) in [6, 6.07) is 12.6. The third-order valence-electron chi connectivity index (χ3n) is 4.03. The molecule has 1 amide bonds. The van der Waals surface area contributed by atoms with Crippen LogP contribution in [-0.4, -0.2) is 49.6 Å².